The summed E-state index contributed by atoms with van der Waals surface area (Å²) in [5, 5.41) is 3.53. The summed E-state index contributed by atoms with van der Waals surface area (Å²) in [6.45, 7) is 1.14. The Labute approximate surface area is 85.3 Å². The van der Waals surface area contributed by atoms with Crippen LogP contribution in [0.4, 0.5) is 0 Å². The molecule has 0 unspecified atom stereocenters. The molecule has 1 aromatic carbocycles. The van der Waals surface area contributed by atoms with Gasteiger partial charge in [0.25, 0.3) is 0 Å². The Balaban J connectivity index is 2.13. The van der Waals surface area contributed by atoms with Crippen molar-refractivity contribution in [2.75, 3.05) is 13.7 Å². The van der Waals surface area contributed by atoms with E-state index in [4.69, 9.17) is 4.74 Å². The van der Waals surface area contributed by atoms with Crippen molar-refractivity contribution in [2.45, 2.75) is 25.3 Å². The molecule has 0 amide bonds. The van der Waals surface area contributed by atoms with E-state index in [9.17, 15) is 0 Å². The lowest BCUT2D eigenvalue weighted by molar-refractivity contribution is 0.400. The maximum Gasteiger partial charge on any atom is 0.119 e. The lowest BCUT2D eigenvalue weighted by atomic mass is 9.97. The summed E-state index contributed by atoms with van der Waals surface area (Å²) >= 11 is 0. The van der Waals surface area contributed by atoms with Crippen LogP contribution < -0.4 is 10.1 Å². The zero-order valence-corrected chi connectivity index (χ0v) is 8.62. The normalized spacial score (nSPS) is 21.9. The quantitative estimate of drug-likeness (QED) is 0.775. The third kappa shape index (κ3) is 2.07. The van der Waals surface area contributed by atoms with Gasteiger partial charge in [-0.25, -0.2) is 0 Å². The maximum atomic E-state index is 5.22. The summed E-state index contributed by atoms with van der Waals surface area (Å²) < 4.78 is 5.22. The van der Waals surface area contributed by atoms with Crippen molar-refractivity contribution in [3.63, 3.8) is 0 Å². The van der Waals surface area contributed by atoms with E-state index in [0.29, 0.717) is 6.04 Å². The van der Waals surface area contributed by atoms with Crippen molar-refractivity contribution in [2.24, 2.45) is 0 Å². The number of hydrogen-bond donors (Lipinski definition) is 1. The van der Waals surface area contributed by atoms with Crippen LogP contribution in [0.3, 0.4) is 0 Å². The minimum atomic E-state index is 0.527. The van der Waals surface area contributed by atoms with E-state index >= 15 is 0 Å². The van der Waals surface area contributed by atoms with Crippen molar-refractivity contribution in [3.05, 3.63) is 29.8 Å². The molecule has 14 heavy (non-hydrogen) atoms. The molecule has 0 aliphatic carbocycles. The summed E-state index contributed by atoms with van der Waals surface area (Å²) in [7, 11) is 1.72. The molecule has 0 saturated carbocycles. The lowest BCUT2D eigenvalue weighted by Crippen LogP contribution is -2.26. The van der Waals surface area contributed by atoms with Crippen LogP contribution >= 0.6 is 0 Å². The highest BCUT2D eigenvalue weighted by atomic mass is 16.5. The second kappa shape index (κ2) is 4.47. The van der Waals surface area contributed by atoms with Gasteiger partial charge < -0.3 is 10.1 Å². The third-order valence-electron chi connectivity index (χ3n) is 2.81. The number of benzene rings is 1. The number of piperidine rings is 1. The molecule has 1 heterocycles. The van der Waals surface area contributed by atoms with E-state index in [1.807, 2.05) is 6.07 Å². The van der Waals surface area contributed by atoms with Gasteiger partial charge in [0, 0.05) is 6.04 Å². The molecule has 2 nitrogen and oxygen atoms in total. The zero-order valence-electron chi connectivity index (χ0n) is 8.62. The van der Waals surface area contributed by atoms with Gasteiger partial charge in [0.05, 0.1) is 7.11 Å². The van der Waals surface area contributed by atoms with Gasteiger partial charge in [-0.15, -0.1) is 0 Å². The molecule has 0 spiro atoms. The van der Waals surface area contributed by atoms with Crippen molar-refractivity contribution >= 4 is 0 Å². The number of methoxy groups -OCH3 is 1. The average Bonchev–Trinajstić information content (AvgIpc) is 2.30. The summed E-state index contributed by atoms with van der Waals surface area (Å²) in [5.41, 5.74) is 1.35. The molecule has 1 saturated heterocycles. The summed E-state index contributed by atoms with van der Waals surface area (Å²) in [4.78, 5) is 0. The minimum Gasteiger partial charge on any atom is -0.497 e. The van der Waals surface area contributed by atoms with E-state index in [-0.39, 0.29) is 0 Å². The summed E-state index contributed by atoms with van der Waals surface area (Å²) in [6, 6.07) is 8.88. The van der Waals surface area contributed by atoms with E-state index in [1.54, 1.807) is 7.11 Å². The predicted octanol–water partition coefficient (Wildman–Crippen LogP) is 2.51. The van der Waals surface area contributed by atoms with E-state index < -0.39 is 0 Å². The molecule has 1 N–H and O–H groups in total. The highest BCUT2D eigenvalue weighted by Gasteiger charge is 2.14. The van der Waals surface area contributed by atoms with Crippen LogP contribution in [0.25, 0.3) is 0 Å². The molecule has 1 fully saturated rings. The van der Waals surface area contributed by atoms with Gasteiger partial charge in [0.15, 0.2) is 0 Å². The van der Waals surface area contributed by atoms with Gasteiger partial charge in [0.1, 0.15) is 5.75 Å². The molecular weight excluding hydrogens is 174 g/mol. The number of hydrogen-bond acceptors (Lipinski definition) is 2. The van der Waals surface area contributed by atoms with Crippen molar-refractivity contribution in [1.29, 1.82) is 0 Å². The molecule has 1 aliphatic rings. The van der Waals surface area contributed by atoms with Gasteiger partial charge in [-0.1, -0.05) is 18.6 Å². The second-order valence-corrected chi connectivity index (χ2v) is 3.78. The van der Waals surface area contributed by atoms with E-state index in [1.165, 1.54) is 24.8 Å². The van der Waals surface area contributed by atoms with Crippen LogP contribution in [0.1, 0.15) is 30.9 Å². The van der Waals surface area contributed by atoms with Crippen LogP contribution in [-0.4, -0.2) is 13.7 Å². The standard InChI is InChI=1S/C12H17NO/c1-14-11-6-4-5-10(9-11)12-7-2-3-8-13-12/h4-6,9,12-13H,2-3,7-8H2,1H3/t12-/m0/s1. The first-order valence-electron chi connectivity index (χ1n) is 5.27. The Hall–Kier alpha value is -1.02. The first-order valence-corrected chi connectivity index (χ1v) is 5.27. The van der Waals surface area contributed by atoms with Crippen molar-refractivity contribution in [1.82, 2.24) is 5.32 Å². The first kappa shape index (κ1) is 9.53. The Morgan fingerprint density at radius 1 is 1.36 bits per heavy atom. The second-order valence-electron chi connectivity index (χ2n) is 3.78. The Morgan fingerprint density at radius 2 is 2.29 bits per heavy atom. The maximum absolute atomic E-state index is 5.22. The first-order chi connectivity index (χ1) is 6.90. The van der Waals surface area contributed by atoms with E-state index in [0.717, 1.165) is 12.3 Å². The molecule has 76 valence electrons. The molecule has 0 radical (unpaired) electrons. The Bertz CT molecular complexity index is 292. The fraction of sp³-hybridized carbons (Fsp3) is 0.500. The fourth-order valence-electron chi connectivity index (χ4n) is 1.99. The minimum absolute atomic E-state index is 0.527. The van der Waals surface area contributed by atoms with Crippen LogP contribution in [0.15, 0.2) is 24.3 Å². The summed E-state index contributed by atoms with van der Waals surface area (Å²) in [5.74, 6) is 0.954. The Morgan fingerprint density at radius 3 is 3.00 bits per heavy atom. The number of rotatable bonds is 2. The predicted molar refractivity (Wildman–Crippen MR) is 57.6 cm³/mol. The molecule has 0 bridgehead atoms. The molecular formula is C12H17NO. The smallest absolute Gasteiger partial charge is 0.119 e. The number of ether oxygens (including phenoxy) is 1. The van der Waals surface area contributed by atoms with Gasteiger partial charge >= 0.3 is 0 Å². The Kier molecular flexibility index (Phi) is 3.04. The molecule has 1 aromatic rings. The summed E-state index contributed by atoms with van der Waals surface area (Å²) in [6.07, 6.45) is 3.88. The SMILES string of the molecule is COc1cccc([C@@H]2CCCCN2)c1. The number of nitrogens with one attached hydrogen (secondary N) is 1. The average molecular weight is 191 g/mol. The van der Waals surface area contributed by atoms with Crippen LogP contribution in [0, 0.1) is 0 Å². The molecule has 2 heteroatoms. The lowest BCUT2D eigenvalue weighted by Gasteiger charge is -2.24. The largest absolute Gasteiger partial charge is 0.497 e. The molecule has 1 atom stereocenters. The van der Waals surface area contributed by atoms with Crippen molar-refractivity contribution in [3.8, 4) is 5.75 Å². The van der Waals surface area contributed by atoms with Crippen LogP contribution in [0.2, 0.25) is 0 Å². The van der Waals surface area contributed by atoms with Gasteiger partial charge in [0.2, 0.25) is 0 Å². The third-order valence-corrected chi connectivity index (χ3v) is 2.81. The highest BCUT2D eigenvalue weighted by molar-refractivity contribution is 5.30. The van der Waals surface area contributed by atoms with E-state index in [2.05, 4.69) is 23.5 Å². The van der Waals surface area contributed by atoms with Crippen LogP contribution in [-0.2, 0) is 0 Å². The zero-order chi connectivity index (χ0) is 9.80. The van der Waals surface area contributed by atoms with Crippen molar-refractivity contribution < 1.29 is 4.74 Å². The topological polar surface area (TPSA) is 21.3 Å². The fourth-order valence-corrected chi connectivity index (χ4v) is 1.99. The van der Waals surface area contributed by atoms with Gasteiger partial charge in [-0.2, -0.15) is 0 Å². The van der Waals surface area contributed by atoms with Crippen LogP contribution in [0.5, 0.6) is 5.75 Å². The molecule has 1 aliphatic heterocycles. The molecule has 2 rings (SSSR count). The van der Waals surface area contributed by atoms with Gasteiger partial charge in [-0.05, 0) is 37.1 Å². The van der Waals surface area contributed by atoms with Gasteiger partial charge in [-0.3, -0.25) is 0 Å². The molecule has 0 aromatic heterocycles. The monoisotopic (exact) mass is 191 g/mol. The highest BCUT2D eigenvalue weighted by Crippen LogP contribution is 2.25.